The Bertz CT molecular complexity index is 797. The monoisotopic (exact) mass is 341 g/mol. The molecule has 23 heavy (non-hydrogen) atoms. The zero-order valence-electron chi connectivity index (χ0n) is 11.7. The number of ether oxygens (including phenoxy) is 1. The molecule has 10 heteroatoms. The zero-order valence-corrected chi connectivity index (χ0v) is 12.5. The molecular formula is C13H10F3N5OS. The lowest BCUT2D eigenvalue weighted by Crippen LogP contribution is -2.16. The summed E-state index contributed by atoms with van der Waals surface area (Å²) in [6.07, 6.45) is -4.71. The molecule has 0 unspecified atom stereocenters. The van der Waals surface area contributed by atoms with Crippen LogP contribution < -0.4 is 10.1 Å². The molecule has 3 aromatic rings. The molecule has 3 rings (SSSR count). The number of alkyl halides is 3. The predicted molar refractivity (Wildman–Crippen MR) is 79.2 cm³/mol. The van der Waals surface area contributed by atoms with E-state index in [1.807, 2.05) is 0 Å². The molecule has 120 valence electrons. The maximum Gasteiger partial charge on any atom is 0.573 e. The number of H-pyrrole nitrogens is 1. The molecule has 0 aliphatic carbocycles. The normalized spacial score (nSPS) is 11.5. The molecule has 2 N–H and O–H groups in total. The number of halogens is 3. The maximum atomic E-state index is 12.2. The van der Waals surface area contributed by atoms with Crippen molar-refractivity contribution in [1.29, 1.82) is 0 Å². The Labute approximate surface area is 132 Å². The van der Waals surface area contributed by atoms with Crippen LogP contribution in [0.25, 0.3) is 22.5 Å². The van der Waals surface area contributed by atoms with Crippen LogP contribution in [0.15, 0.2) is 29.6 Å². The molecule has 0 saturated heterocycles. The summed E-state index contributed by atoms with van der Waals surface area (Å²) in [7, 11) is 1.71. The smallest absolute Gasteiger partial charge is 0.406 e. The van der Waals surface area contributed by atoms with Gasteiger partial charge in [-0.3, -0.25) is 0 Å². The van der Waals surface area contributed by atoms with E-state index in [2.05, 4.69) is 29.8 Å². The second-order valence-corrected chi connectivity index (χ2v) is 5.05. The van der Waals surface area contributed by atoms with E-state index >= 15 is 0 Å². The van der Waals surface area contributed by atoms with E-state index in [-0.39, 0.29) is 5.75 Å². The Morgan fingerprint density at radius 3 is 2.52 bits per heavy atom. The number of nitrogens with zero attached hydrogens (tertiary/aromatic N) is 3. The van der Waals surface area contributed by atoms with Crippen molar-refractivity contribution in [1.82, 2.24) is 19.8 Å². The highest BCUT2D eigenvalue weighted by atomic mass is 32.1. The Hall–Kier alpha value is -2.62. The SMILES string of the molecule is CNc1n[nH]nc1-c1csnc1-c1ccc(OC(F)(F)F)cc1. The first kappa shape index (κ1) is 15.3. The molecule has 1 aromatic carbocycles. The number of rotatable bonds is 4. The first-order valence-electron chi connectivity index (χ1n) is 6.37. The van der Waals surface area contributed by atoms with Crippen molar-refractivity contribution in [3.05, 3.63) is 29.6 Å². The molecule has 0 fully saturated rings. The third kappa shape index (κ3) is 3.26. The number of benzene rings is 1. The molecule has 0 saturated carbocycles. The second kappa shape index (κ2) is 5.88. The van der Waals surface area contributed by atoms with Crippen LogP contribution in [-0.2, 0) is 0 Å². The number of anilines is 1. The number of nitrogens with one attached hydrogen (secondary N) is 2. The Balaban J connectivity index is 1.93. The van der Waals surface area contributed by atoms with Gasteiger partial charge >= 0.3 is 6.36 Å². The molecule has 0 aliphatic rings. The fourth-order valence-electron chi connectivity index (χ4n) is 2.02. The van der Waals surface area contributed by atoms with E-state index in [1.54, 1.807) is 12.4 Å². The molecule has 0 radical (unpaired) electrons. The molecule has 0 atom stereocenters. The Morgan fingerprint density at radius 1 is 1.13 bits per heavy atom. The molecule has 2 heterocycles. The molecule has 0 amide bonds. The van der Waals surface area contributed by atoms with Crippen molar-refractivity contribution in [2.24, 2.45) is 0 Å². The van der Waals surface area contributed by atoms with Gasteiger partial charge in [-0.1, -0.05) is 0 Å². The van der Waals surface area contributed by atoms with Gasteiger partial charge in [-0.05, 0) is 35.8 Å². The molecule has 6 nitrogen and oxygen atoms in total. The summed E-state index contributed by atoms with van der Waals surface area (Å²) in [5.41, 5.74) is 2.59. The highest BCUT2D eigenvalue weighted by Gasteiger charge is 2.31. The largest absolute Gasteiger partial charge is 0.573 e. The standard InChI is InChI=1S/C13H10F3N5OS/c1-17-12-11(18-21-19-12)9-6-23-20-10(9)7-2-4-8(5-3-7)22-13(14,15)16/h2-6H,1H3,(H2,17,18,19,21). The summed E-state index contributed by atoms with van der Waals surface area (Å²) in [5, 5.41) is 15.3. The second-order valence-electron chi connectivity index (χ2n) is 4.42. The molecular weight excluding hydrogens is 331 g/mol. The Kier molecular flexibility index (Phi) is 3.90. The fraction of sp³-hybridized carbons (Fsp3) is 0.154. The van der Waals surface area contributed by atoms with Crippen LogP contribution in [0.4, 0.5) is 19.0 Å². The van der Waals surface area contributed by atoms with E-state index in [0.717, 1.165) is 5.56 Å². The highest BCUT2D eigenvalue weighted by Crippen LogP contribution is 2.35. The van der Waals surface area contributed by atoms with Crippen LogP contribution >= 0.6 is 11.5 Å². The van der Waals surface area contributed by atoms with Gasteiger partial charge in [0, 0.05) is 23.6 Å². The van der Waals surface area contributed by atoms with E-state index in [9.17, 15) is 13.2 Å². The van der Waals surface area contributed by atoms with E-state index in [0.29, 0.717) is 22.8 Å². The fourth-order valence-corrected chi connectivity index (χ4v) is 2.71. The number of aromatic nitrogens is 4. The lowest BCUT2D eigenvalue weighted by Gasteiger charge is -2.09. The molecule has 0 bridgehead atoms. The summed E-state index contributed by atoms with van der Waals surface area (Å²) in [6, 6.07) is 5.51. The van der Waals surface area contributed by atoms with Crippen molar-refractivity contribution < 1.29 is 17.9 Å². The minimum atomic E-state index is -4.71. The molecule has 0 aliphatic heterocycles. The predicted octanol–water partition coefficient (Wildman–Crippen LogP) is 3.54. The van der Waals surface area contributed by atoms with Gasteiger partial charge in [0.05, 0.1) is 5.69 Å². The number of aromatic amines is 1. The van der Waals surface area contributed by atoms with Gasteiger partial charge in [-0.2, -0.15) is 14.7 Å². The van der Waals surface area contributed by atoms with Crippen LogP contribution in [-0.4, -0.2) is 33.2 Å². The first-order chi connectivity index (χ1) is 11.0. The lowest BCUT2D eigenvalue weighted by molar-refractivity contribution is -0.274. The van der Waals surface area contributed by atoms with Crippen molar-refractivity contribution in [2.75, 3.05) is 12.4 Å². The van der Waals surface area contributed by atoms with Crippen molar-refractivity contribution >= 4 is 17.4 Å². The van der Waals surface area contributed by atoms with Gasteiger partial charge in [0.2, 0.25) is 0 Å². The average molecular weight is 341 g/mol. The van der Waals surface area contributed by atoms with E-state index in [4.69, 9.17) is 0 Å². The van der Waals surface area contributed by atoms with Crippen LogP contribution in [0.3, 0.4) is 0 Å². The van der Waals surface area contributed by atoms with Gasteiger partial charge in [-0.25, -0.2) is 0 Å². The van der Waals surface area contributed by atoms with Crippen molar-refractivity contribution in [3.8, 4) is 28.3 Å². The molecule has 0 spiro atoms. The minimum absolute atomic E-state index is 0.282. The van der Waals surface area contributed by atoms with Crippen molar-refractivity contribution in [2.45, 2.75) is 6.36 Å². The van der Waals surface area contributed by atoms with Gasteiger partial charge in [0.15, 0.2) is 5.82 Å². The maximum absolute atomic E-state index is 12.2. The summed E-state index contributed by atoms with van der Waals surface area (Å²) in [5.74, 6) is 0.277. The van der Waals surface area contributed by atoms with Gasteiger partial charge in [0.25, 0.3) is 0 Å². The Morgan fingerprint density at radius 2 is 1.87 bits per heavy atom. The molecule has 2 aromatic heterocycles. The highest BCUT2D eigenvalue weighted by molar-refractivity contribution is 7.04. The number of hydrogen-bond donors (Lipinski definition) is 2. The van der Waals surface area contributed by atoms with Crippen LogP contribution in [0, 0.1) is 0 Å². The first-order valence-corrected chi connectivity index (χ1v) is 7.21. The topological polar surface area (TPSA) is 75.7 Å². The van der Waals surface area contributed by atoms with Crippen LogP contribution in [0.1, 0.15) is 0 Å². The van der Waals surface area contributed by atoms with E-state index in [1.165, 1.54) is 35.8 Å². The van der Waals surface area contributed by atoms with Crippen molar-refractivity contribution in [3.63, 3.8) is 0 Å². The summed E-state index contributed by atoms with van der Waals surface area (Å²) in [6.45, 7) is 0. The van der Waals surface area contributed by atoms with E-state index < -0.39 is 6.36 Å². The zero-order chi connectivity index (χ0) is 16.4. The van der Waals surface area contributed by atoms with Crippen LogP contribution in [0.2, 0.25) is 0 Å². The van der Waals surface area contributed by atoms with Gasteiger partial charge in [0.1, 0.15) is 11.4 Å². The van der Waals surface area contributed by atoms with Gasteiger partial charge in [-0.15, -0.1) is 18.3 Å². The summed E-state index contributed by atoms with van der Waals surface area (Å²) >= 11 is 1.22. The number of hydrogen-bond acceptors (Lipinski definition) is 6. The average Bonchev–Trinajstić information content (AvgIpc) is 3.14. The summed E-state index contributed by atoms with van der Waals surface area (Å²) in [4.78, 5) is 0. The summed E-state index contributed by atoms with van der Waals surface area (Å²) < 4.78 is 44.7. The lowest BCUT2D eigenvalue weighted by atomic mass is 10.1. The quantitative estimate of drug-likeness (QED) is 0.759. The van der Waals surface area contributed by atoms with Gasteiger partial charge < -0.3 is 10.1 Å². The minimum Gasteiger partial charge on any atom is -0.406 e. The van der Waals surface area contributed by atoms with Crippen LogP contribution in [0.5, 0.6) is 5.75 Å². The third-order valence-corrected chi connectivity index (χ3v) is 3.60. The third-order valence-electron chi connectivity index (χ3n) is 2.97.